The summed E-state index contributed by atoms with van der Waals surface area (Å²) in [5.74, 6) is -3.83. The molecule has 0 rings (SSSR count). The molecule has 0 radical (unpaired) electrons. The largest absolute Gasteiger partial charge is 0.713 e. The smallest absolute Gasteiger partial charge is 0.253 e. The first-order valence-corrected chi connectivity index (χ1v) is 6.62. The van der Waals surface area contributed by atoms with Crippen LogP contribution in [0.15, 0.2) is 0 Å². The van der Waals surface area contributed by atoms with Crippen LogP contribution in [0.4, 0.5) is 0 Å². The van der Waals surface area contributed by atoms with Crippen molar-refractivity contribution in [2.45, 2.75) is 25.7 Å². The van der Waals surface area contributed by atoms with Gasteiger partial charge in [0.15, 0.2) is 14.8 Å². The zero-order chi connectivity index (χ0) is 15.6. The van der Waals surface area contributed by atoms with Gasteiger partial charge in [-0.25, -0.2) is 8.42 Å². The summed E-state index contributed by atoms with van der Waals surface area (Å²) >= 11 is 0. The summed E-state index contributed by atoms with van der Waals surface area (Å²) in [4.78, 5) is 26.9. The van der Waals surface area contributed by atoms with Crippen molar-refractivity contribution in [3.05, 3.63) is 30.3 Å². The number of nitrogens with zero attached hydrogens (tertiary/aromatic N) is 4. The fourth-order valence-corrected chi connectivity index (χ4v) is 2.44. The molecular weight excluding hydrogens is 288 g/mol. The third kappa shape index (κ3) is 3.31. The Morgan fingerprint density at radius 1 is 1.05 bits per heavy atom. The highest BCUT2D eigenvalue weighted by Gasteiger charge is 2.72. The molecule has 0 bridgehead atoms. The van der Waals surface area contributed by atoms with Crippen LogP contribution in [0.2, 0.25) is 0 Å². The van der Waals surface area contributed by atoms with E-state index in [1.807, 2.05) is 0 Å². The van der Waals surface area contributed by atoms with E-state index in [0.717, 1.165) is 0 Å². The highest BCUT2D eigenvalue weighted by Crippen LogP contribution is 2.18. The Morgan fingerprint density at radius 2 is 1.37 bits per heavy atom. The van der Waals surface area contributed by atoms with Crippen molar-refractivity contribution in [2.75, 3.05) is 12.8 Å². The topological polar surface area (TPSA) is 167 Å². The van der Waals surface area contributed by atoms with Gasteiger partial charge in [-0.2, -0.15) is 4.31 Å². The first-order valence-electron chi connectivity index (χ1n) is 4.77. The maximum absolute atomic E-state index is 11.4. The summed E-state index contributed by atoms with van der Waals surface area (Å²) in [6.07, 6.45) is 0.650. The van der Waals surface area contributed by atoms with E-state index in [0.29, 0.717) is 10.6 Å². The second-order valence-electron chi connectivity index (χ2n) is 3.95. The van der Waals surface area contributed by atoms with Gasteiger partial charge in [0, 0.05) is 6.04 Å². The maximum atomic E-state index is 11.4. The standard InChI is InChI=1S/C6H12N4O8S/c1-5(2)7(19(3,17)18)4-6(8(11)12,9(13)14)10(15)16/h5H,4H2,1-3H3. The quantitative estimate of drug-likeness (QED) is 0.332. The molecule has 0 aromatic heterocycles. The van der Waals surface area contributed by atoms with Crippen molar-refractivity contribution >= 4 is 10.0 Å². The van der Waals surface area contributed by atoms with E-state index in [9.17, 15) is 38.8 Å². The molecule has 0 unspecified atom stereocenters. The Balaban J connectivity index is 5.88. The van der Waals surface area contributed by atoms with Crippen LogP contribution in [0.25, 0.3) is 0 Å². The van der Waals surface area contributed by atoms with Crippen LogP contribution in [-0.4, -0.2) is 52.1 Å². The Labute approximate surface area is 107 Å². The number of nitro groups is 3. The lowest BCUT2D eigenvalue weighted by Gasteiger charge is -2.23. The van der Waals surface area contributed by atoms with Crippen LogP contribution < -0.4 is 0 Å². The monoisotopic (exact) mass is 300 g/mol. The Bertz CT molecular complexity index is 463. The van der Waals surface area contributed by atoms with Crippen LogP contribution in [-0.2, 0) is 10.0 Å². The van der Waals surface area contributed by atoms with E-state index in [1.165, 1.54) is 13.8 Å². The Kier molecular flexibility index (Phi) is 4.86. The minimum atomic E-state index is -4.08. The fourth-order valence-electron chi connectivity index (χ4n) is 1.27. The number of sulfonamides is 1. The average molecular weight is 300 g/mol. The van der Waals surface area contributed by atoms with E-state index in [2.05, 4.69) is 0 Å². The predicted octanol–water partition coefficient (Wildman–Crippen LogP) is -0.860. The van der Waals surface area contributed by atoms with Crippen molar-refractivity contribution in [1.82, 2.24) is 4.31 Å². The van der Waals surface area contributed by atoms with Crippen molar-refractivity contribution in [3.8, 4) is 0 Å². The number of hydrogen-bond acceptors (Lipinski definition) is 8. The molecule has 0 saturated carbocycles. The summed E-state index contributed by atoms with van der Waals surface area (Å²) in [6, 6.07) is -0.908. The first kappa shape index (κ1) is 17.1. The molecule has 110 valence electrons. The van der Waals surface area contributed by atoms with E-state index in [4.69, 9.17) is 0 Å². The normalized spacial score (nSPS) is 12.7. The highest BCUT2D eigenvalue weighted by atomic mass is 32.2. The van der Waals surface area contributed by atoms with Crippen molar-refractivity contribution in [2.24, 2.45) is 0 Å². The molecule has 19 heavy (non-hydrogen) atoms. The lowest BCUT2D eigenvalue weighted by molar-refractivity contribution is -0.968. The molecule has 0 atom stereocenters. The van der Waals surface area contributed by atoms with Crippen LogP contribution in [0.3, 0.4) is 0 Å². The minimum absolute atomic E-state index is 0.335. The lowest BCUT2D eigenvalue weighted by atomic mass is 10.3. The molecule has 0 aromatic rings. The molecular formula is C6H12N4O8S. The number of rotatable bonds is 7. The molecule has 0 heterocycles. The van der Waals surface area contributed by atoms with E-state index in [1.54, 1.807) is 0 Å². The summed E-state index contributed by atoms with van der Waals surface area (Å²) in [7, 11) is -4.08. The van der Waals surface area contributed by atoms with Gasteiger partial charge in [0.25, 0.3) is 0 Å². The van der Waals surface area contributed by atoms with E-state index >= 15 is 0 Å². The molecule has 0 aliphatic rings. The highest BCUT2D eigenvalue weighted by molar-refractivity contribution is 7.88. The van der Waals surface area contributed by atoms with Gasteiger partial charge >= 0.3 is 5.79 Å². The third-order valence-electron chi connectivity index (χ3n) is 2.25. The van der Waals surface area contributed by atoms with Crippen LogP contribution in [0.1, 0.15) is 13.8 Å². The summed E-state index contributed by atoms with van der Waals surface area (Å²) in [6.45, 7) is 1.08. The molecule has 0 N–H and O–H groups in total. The van der Waals surface area contributed by atoms with Crippen molar-refractivity contribution in [3.63, 3.8) is 0 Å². The second kappa shape index (κ2) is 5.40. The molecule has 0 amide bonds. The van der Waals surface area contributed by atoms with Crippen LogP contribution in [0, 0.1) is 30.3 Å². The predicted molar refractivity (Wildman–Crippen MR) is 60.4 cm³/mol. The molecule has 0 saturated heterocycles. The van der Waals surface area contributed by atoms with Gasteiger partial charge < -0.3 is 0 Å². The summed E-state index contributed by atoms with van der Waals surface area (Å²) in [5.41, 5.74) is 0. The van der Waals surface area contributed by atoms with Gasteiger partial charge in [-0.3, -0.25) is 30.3 Å². The average Bonchev–Trinajstić information content (AvgIpc) is 2.13. The van der Waals surface area contributed by atoms with Crippen molar-refractivity contribution in [1.29, 1.82) is 0 Å². The molecule has 0 aliphatic heterocycles. The lowest BCUT2D eigenvalue weighted by Crippen LogP contribution is -2.61. The van der Waals surface area contributed by atoms with Crippen molar-refractivity contribution < 1.29 is 23.2 Å². The Hall–Kier alpha value is -1.89. The minimum Gasteiger partial charge on any atom is -0.253 e. The maximum Gasteiger partial charge on any atom is 0.713 e. The molecule has 12 nitrogen and oxygen atoms in total. The molecule has 0 spiro atoms. The van der Waals surface area contributed by atoms with E-state index in [-0.39, 0.29) is 0 Å². The van der Waals surface area contributed by atoms with Gasteiger partial charge in [0.05, 0.1) is 6.26 Å². The first-order chi connectivity index (χ1) is 8.37. The molecule has 13 heteroatoms. The van der Waals surface area contributed by atoms with Crippen LogP contribution in [0.5, 0.6) is 0 Å². The van der Waals surface area contributed by atoms with Gasteiger partial charge in [0.1, 0.15) is 0 Å². The SMILES string of the molecule is CC(C)N(CC([N+](=O)[O-])([N+](=O)[O-])[N+](=O)[O-])S(C)(=O)=O. The third-order valence-corrected chi connectivity index (χ3v) is 3.65. The fraction of sp³-hybridized carbons (Fsp3) is 1.00. The zero-order valence-corrected chi connectivity index (χ0v) is 11.1. The second-order valence-corrected chi connectivity index (χ2v) is 5.88. The van der Waals surface area contributed by atoms with Gasteiger partial charge in [-0.05, 0) is 13.8 Å². The van der Waals surface area contributed by atoms with Crippen LogP contribution >= 0.6 is 0 Å². The number of hydrogen-bond donors (Lipinski definition) is 0. The molecule has 0 aromatic carbocycles. The Morgan fingerprint density at radius 3 is 1.53 bits per heavy atom. The zero-order valence-electron chi connectivity index (χ0n) is 10.2. The van der Waals surface area contributed by atoms with Gasteiger partial charge in [-0.1, -0.05) is 0 Å². The summed E-state index contributed by atoms with van der Waals surface area (Å²) < 4.78 is 23.1. The molecule has 0 aliphatic carbocycles. The van der Waals surface area contributed by atoms with Gasteiger partial charge in [0.2, 0.25) is 16.6 Å². The molecule has 0 fully saturated rings. The van der Waals surface area contributed by atoms with Gasteiger partial charge in [-0.15, -0.1) is 0 Å². The van der Waals surface area contributed by atoms with E-state index < -0.39 is 43.2 Å². The summed E-state index contributed by atoms with van der Waals surface area (Å²) in [5, 5.41) is 32.1.